The van der Waals surface area contributed by atoms with E-state index in [1.54, 1.807) is 31.5 Å². The molecule has 1 aromatic rings. The maximum Gasteiger partial charge on any atom is 0.161 e. The number of rotatable bonds is 7. The molecule has 0 fully saturated rings. The predicted octanol–water partition coefficient (Wildman–Crippen LogP) is 1.36. The van der Waals surface area contributed by atoms with Crippen LogP contribution in [0.15, 0.2) is 23.3 Å². The lowest BCUT2D eigenvalue weighted by Gasteiger charge is -2.03. The molecule has 0 bridgehead atoms. The summed E-state index contributed by atoms with van der Waals surface area (Å²) >= 11 is 0. The molecule has 0 saturated heterocycles. The molecule has 0 atom stereocenters. The average Bonchev–Trinajstić information content (AvgIpc) is 2.35. The third-order valence-corrected chi connectivity index (χ3v) is 2.15. The van der Waals surface area contributed by atoms with Gasteiger partial charge in [-0.05, 0) is 30.2 Å². The fourth-order valence-electron chi connectivity index (χ4n) is 1.25. The Morgan fingerprint density at radius 1 is 1.41 bits per heavy atom. The lowest BCUT2D eigenvalue weighted by Crippen LogP contribution is -2.09. The number of hydrogen-bond donors (Lipinski definition) is 2. The van der Waals surface area contributed by atoms with Crippen molar-refractivity contribution < 1.29 is 14.6 Å². The third-order valence-electron chi connectivity index (χ3n) is 2.15. The molecular formula is C12H18N2O3. The Kier molecular flexibility index (Phi) is 5.88. The van der Waals surface area contributed by atoms with E-state index < -0.39 is 0 Å². The van der Waals surface area contributed by atoms with Crippen molar-refractivity contribution in [2.45, 2.75) is 6.42 Å². The maximum absolute atomic E-state index is 9.40. The number of hydrazone groups is 1. The maximum atomic E-state index is 9.40. The summed E-state index contributed by atoms with van der Waals surface area (Å²) in [7, 11) is 3.19. The molecule has 0 aliphatic rings. The molecule has 17 heavy (non-hydrogen) atoms. The van der Waals surface area contributed by atoms with Crippen molar-refractivity contribution in [2.24, 2.45) is 5.10 Å². The van der Waals surface area contributed by atoms with Gasteiger partial charge in [-0.1, -0.05) is 0 Å². The summed E-state index contributed by atoms with van der Waals surface area (Å²) in [6.07, 6.45) is 2.58. The Morgan fingerprint density at radius 3 is 2.94 bits per heavy atom. The average molecular weight is 238 g/mol. The van der Waals surface area contributed by atoms with E-state index in [4.69, 9.17) is 9.47 Å². The van der Waals surface area contributed by atoms with Crippen LogP contribution in [-0.4, -0.2) is 38.7 Å². The van der Waals surface area contributed by atoms with Gasteiger partial charge in [0, 0.05) is 20.3 Å². The second kappa shape index (κ2) is 7.51. The first-order valence-electron chi connectivity index (χ1n) is 5.39. The zero-order valence-corrected chi connectivity index (χ0v) is 10.1. The summed E-state index contributed by atoms with van der Waals surface area (Å²) in [4.78, 5) is 0. The van der Waals surface area contributed by atoms with E-state index in [0.717, 1.165) is 25.1 Å². The number of hydrogen-bond acceptors (Lipinski definition) is 5. The van der Waals surface area contributed by atoms with Crippen molar-refractivity contribution in [2.75, 3.05) is 27.4 Å². The molecule has 94 valence electrons. The van der Waals surface area contributed by atoms with Crippen molar-refractivity contribution in [3.05, 3.63) is 23.8 Å². The molecule has 0 saturated carbocycles. The smallest absolute Gasteiger partial charge is 0.161 e. The molecule has 0 aliphatic heterocycles. The van der Waals surface area contributed by atoms with Crippen molar-refractivity contribution in [3.8, 4) is 11.5 Å². The lowest BCUT2D eigenvalue weighted by atomic mass is 10.2. The van der Waals surface area contributed by atoms with Crippen molar-refractivity contribution in [3.63, 3.8) is 0 Å². The number of nitrogens with zero attached hydrogens (tertiary/aromatic N) is 1. The topological polar surface area (TPSA) is 63.1 Å². The molecule has 1 aromatic carbocycles. The molecule has 2 N–H and O–H groups in total. The van der Waals surface area contributed by atoms with Gasteiger partial charge in [-0.25, -0.2) is 0 Å². The van der Waals surface area contributed by atoms with Gasteiger partial charge in [0.05, 0.1) is 13.3 Å². The monoisotopic (exact) mass is 238 g/mol. The Bertz CT molecular complexity index is 367. The first kappa shape index (κ1) is 13.3. The number of aromatic hydroxyl groups is 1. The van der Waals surface area contributed by atoms with Gasteiger partial charge in [0.2, 0.25) is 0 Å². The van der Waals surface area contributed by atoms with Crippen LogP contribution in [0, 0.1) is 0 Å². The standard InChI is InChI=1S/C12H18N2O3/c1-16-7-3-6-13-14-9-10-4-5-11(15)12(8-10)17-2/h4-5,8-9,13,15H,3,6-7H2,1-2H3/b14-9+. The molecule has 5 heteroatoms. The fourth-order valence-corrected chi connectivity index (χ4v) is 1.25. The molecule has 0 heterocycles. The molecule has 0 spiro atoms. The highest BCUT2D eigenvalue weighted by atomic mass is 16.5. The van der Waals surface area contributed by atoms with Crippen molar-refractivity contribution >= 4 is 6.21 Å². The highest BCUT2D eigenvalue weighted by molar-refractivity contribution is 5.80. The Balaban J connectivity index is 2.42. The van der Waals surface area contributed by atoms with Gasteiger partial charge in [-0.3, -0.25) is 0 Å². The Hall–Kier alpha value is -1.75. The first-order chi connectivity index (χ1) is 8.27. The van der Waals surface area contributed by atoms with Gasteiger partial charge >= 0.3 is 0 Å². The SMILES string of the molecule is COCCCN/N=C/c1ccc(O)c(OC)c1. The molecule has 0 aromatic heterocycles. The van der Waals surface area contributed by atoms with E-state index >= 15 is 0 Å². The van der Waals surface area contributed by atoms with Crippen LogP contribution in [-0.2, 0) is 4.74 Å². The van der Waals surface area contributed by atoms with Crippen LogP contribution in [0.25, 0.3) is 0 Å². The minimum atomic E-state index is 0.123. The van der Waals surface area contributed by atoms with E-state index in [2.05, 4.69) is 10.5 Å². The summed E-state index contributed by atoms with van der Waals surface area (Å²) in [5.74, 6) is 0.561. The molecule has 5 nitrogen and oxygen atoms in total. The van der Waals surface area contributed by atoms with Gasteiger partial charge in [-0.2, -0.15) is 5.10 Å². The Morgan fingerprint density at radius 2 is 2.24 bits per heavy atom. The van der Waals surface area contributed by atoms with E-state index in [0.29, 0.717) is 5.75 Å². The number of benzene rings is 1. The van der Waals surface area contributed by atoms with Crippen LogP contribution < -0.4 is 10.2 Å². The zero-order chi connectivity index (χ0) is 12.5. The summed E-state index contributed by atoms with van der Waals surface area (Å²) < 4.78 is 9.91. The number of nitrogens with one attached hydrogen (secondary N) is 1. The minimum Gasteiger partial charge on any atom is -0.504 e. The molecule has 0 unspecified atom stereocenters. The summed E-state index contributed by atoms with van der Waals surface area (Å²) in [5, 5.41) is 13.5. The molecule has 0 amide bonds. The highest BCUT2D eigenvalue weighted by Gasteiger charge is 2.00. The van der Waals surface area contributed by atoms with E-state index in [-0.39, 0.29) is 5.75 Å². The highest BCUT2D eigenvalue weighted by Crippen LogP contribution is 2.25. The van der Waals surface area contributed by atoms with Gasteiger partial charge in [0.25, 0.3) is 0 Å². The van der Waals surface area contributed by atoms with Gasteiger partial charge < -0.3 is 20.0 Å². The minimum absolute atomic E-state index is 0.123. The number of phenols is 1. The molecule has 0 radical (unpaired) electrons. The summed E-state index contributed by atoms with van der Waals surface area (Å²) in [6, 6.07) is 5.05. The van der Waals surface area contributed by atoms with Crippen LogP contribution in [0.1, 0.15) is 12.0 Å². The van der Waals surface area contributed by atoms with Crippen LogP contribution in [0.5, 0.6) is 11.5 Å². The second-order valence-corrected chi connectivity index (χ2v) is 3.44. The van der Waals surface area contributed by atoms with Crippen LogP contribution in [0.3, 0.4) is 0 Å². The number of phenolic OH excluding ortho intramolecular Hbond substituents is 1. The Labute approximate surface area is 101 Å². The fraction of sp³-hybridized carbons (Fsp3) is 0.417. The predicted molar refractivity (Wildman–Crippen MR) is 66.7 cm³/mol. The number of ether oxygens (including phenoxy) is 2. The molecule has 0 aliphatic carbocycles. The van der Waals surface area contributed by atoms with E-state index in [1.807, 2.05) is 0 Å². The van der Waals surface area contributed by atoms with E-state index in [1.165, 1.54) is 7.11 Å². The lowest BCUT2D eigenvalue weighted by molar-refractivity contribution is 0.194. The quantitative estimate of drug-likeness (QED) is 0.428. The number of methoxy groups -OCH3 is 2. The first-order valence-corrected chi connectivity index (χ1v) is 5.39. The third kappa shape index (κ3) is 4.74. The summed E-state index contributed by atoms with van der Waals surface area (Å²) in [5.41, 5.74) is 3.77. The second-order valence-electron chi connectivity index (χ2n) is 3.44. The van der Waals surface area contributed by atoms with Crippen molar-refractivity contribution in [1.82, 2.24) is 5.43 Å². The molecule has 1 rings (SSSR count). The normalized spacial score (nSPS) is 10.7. The molecular weight excluding hydrogens is 220 g/mol. The van der Waals surface area contributed by atoms with Crippen LogP contribution >= 0.6 is 0 Å². The van der Waals surface area contributed by atoms with Crippen LogP contribution in [0.4, 0.5) is 0 Å². The van der Waals surface area contributed by atoms with E-state index in [9.17, 15) is 5.11 Å². The zero-order valence-electron chi connectivity index (χ0n) is 10.1. The summed E-state index contributed by atoms with van der Waals surface area (Å²) in [6.45, 7) is 1.48. The van der Waals surface area contributed by atoms with Crippen LogP contribution in [0.2, 0.25) is 0 Å². The van der Waals surface area contributed by atoms with Gasteiger partial charge in [-0.15, -0.1) is 0 Å². The van der Waals surface area contributed by atoms with Gasteiger partial charge in [0.15, 0.2) is 11.5 Å². The largest absolute Gasteiger partial charge is 0.504 e. The van der Waals surface area contributed by atoms with Crippen molar-refractivity contribution in [1.29, 1.82) is 0 Å². The van der Waals surface area contributed by atoms with Gasteiger partial charge in [0.1, 0.15) is 0 Å².